The monoisotopic (exact) mass is 324 g/mol. The molecule has 2 N–H and O–H groups in total. The molecule has 1 aliphatic heterocycles. The normalized spacial score (nSPS) is 15.7. The van der Waals surface area contributed by atoms with Crippen molar-refractivity contribution >= 4 is 32.2 Å². The van der Waals surface area contributed by atoms with Gasteiger partial charge in [0, 0.05) is 32.4 Å². The van der Waals surface area contributed by atoms with E-state index in [4.69, 9.17) is 5.14 Å². The first-order valence-electron chi connectivity index (χ1n) is 6.48. The molecule has 1 aromatic heterocycles. The van der Waals surface area contributed by atoms with Crippen molar-refractivity contribution in [2.24, 2.45) is 5.14 Å². The molecule has 0 aliphatic carbocycles. The zero-order valence-electron chi connectivity index (χ0n) is 11.6. The van der Waals surface area contributed by atoms with Crippen LogP contribution in [0.5, 0.6) is 0 Å². The van der Waals surface area contributed by atoms with E-state index in [1.54, 1.807) is 0 Å². The van der Waals surface area contributed by atoms with Gasteiger partial charge in [0.25, 0.3) is 0 Å². The molecule has 2 heterocycles. The van der Waals surface area contributed by atoms with E-state index in [1.807, 2.05) is 12.1 Å². The van der Waals surface area contributed by atoms with Gasteiger partial charge in [-0.15, -0.1) is 0 Å². The molecule has 21 heavy (non-hydrogen) atoms. The van der Waals surface area contributed by atoms with Crippen LogP contribution in [-0.2, 0) is 16.6 Å². The van der Waals surface area contributed by atoms with Crippen molar-refractivity contribution in [3.8, 4) is 0 Å². The number of hydrogen-bond donors (Lipinski definition) is 1. The molecule has 0 spiro atoms. The number of benzene rings is 1. The SMILES string of the molecule is CN1CCN(c2ncc(S(N)(=O)=O)s2)Cc2ccccc21. The van der Waals surface area contributed by atoms with E-state index in [2.05, 4.69) is 34.0 Å². The van der Waals surface area contributed by atoms with Gasteiger partial charge in [0.15, 0.2) is 9.34 Å². The van der Waals surface area contributed by atoms with E-state index >= 15 is 0 Å². The van der Waals surface area contributed by atoms with Crippen molar-refractivity contribution in [2.75, 3.05) is 29.9 Å². The minimum absolute atomic E-state index is 0.100. The van der Waals surface area contributed by atoms with Crippen molar-refractivity contribution in [2.45, 2.75) is 10.8 Å². The Balaban J connectivity index is 1.93. The van der Waals surface area contributed by atoms with Crippen LogP contribution >= 0.6 is 11.3 Å². The molecule has 112 valence electrons. The summed E-state index contributed by atoms with van der Waals surface area (Å²) < 4.78 is 22.8. The van der Waals surface area contributed by atoms with Crippen LogP contribution in [-0.4, -0.2) is 33.5 Å². The summed E-state index contributed by atoms with van der Waals surface area (Å²) in [5.74, 6) is 0. The number of aromatic nitrogens is 1. The fourth-order valence-electron chi connectivity index (χ4n) is 2.38. The zero-order chi connectivity index (χ0) is 15.0. The number of hydrogen-bond acceptors (Lipinski definition) is 6. The number of para-hydroxylation sites is 1. The minimum atomic E-state index is -3.68. The maximum atomic E-state index is 11.4. The Morgan fingerprint density at radius 1 is 1.29 bits per heavy atom. The number of nitrogens with zero attached hydrogens (tertiary/aromatic N) is 3. The molecule has 1 aliphatic rings. The molecule has 1 aromatic carbocycles. The molecular weight excluding hydrogens is 308 g/mol. The Hall–Kier alpha value is -1.64. The molecule has 0 unspecified atom stereocenters. The van der Waals surface area contributed by atoms with E-state index in [1.165, 1.54) is 17.4 Å². The summed E-state index contributed by atoms with van der Waals surface area (Å²) in [5, 5.41) is 5.83. The highest BCUT2D eigenvalue weighted by molar-refractivity contribution is 7.91. The first-order valence-corrected chi connectivity index (χ1v) is 8.84. The molecular formula is C13H16N4O2S2. The second-order valence-corrected chi connectivity index (χ2v) is 7.78. The number of sulfonamides is 1. The first-order chi connectivity index (χ1) is 9.95. The number of thiazole rings is 1. The summed E-state index contributed by atoms with van der Waals surface area (Å²) in [6.45, 7) is 2.34. The Morgan fingerprint density at radius 2 is 2.05 bits per heavy atom. The largest absolute Gasteiger partial charge is 0.373 e. The molecule has 8 heteroatoms. The third-order valence-corrected chi connectivity index (χ3v) is 5.96. The van der Waals surface area contributed by atoms with Crippen LogP contribution in [0.25, 0.3) is 0 Å². The lowest BCUT2D eigenvalue weighted by atomic mass is 10.1. The van der Waals surface area contributed by atoms with E-state index < -0.39 is 10.0 Å². The standard InChI is InChI=1S/C13H16N4O2S2/c1-16-6-7-17(9-10-4-2-3-5-11(10)16)13-15-8-12(20-13)21(14,18)19/h2-5,8H,6-7,9H2,1H3,(H2,14,18,19). The summed E-state index contributed by atoms with van der Waals surface area (Å²) >= 11 is 1.11. The molecule has 2 aromatic rings. The summed E-state index contributed by atoms with van der Waals surface area (Å²) in [6, 6.07) is 8.20. The number of primary sulfonamides is 1. The van der Waals surface area contributed by atoms with Gasteiger partial charge in [-0.2, -0.15) is 0 Å². The van der Waals surface area contributed by atoms with Crippen molar-refractivity contribution in [3.63, 3.8) is 0 Å². The van der Waals surface area contributed by atoms with Crippen molar-refractivity contribution < 1.29 is 8.42 Å². The molecule has 0 radical (unpaired) electrons. The van der Waals surface area contributed by atoms with Gasteiger partial charge in [-0.1, -0.05) is 29.5 Å². The third kappa shape index (κ3) is 2.87. The lowest BCUT2D eigenvalue weighted by Gasteiger charge is -2.19. The van der Waals surface area contributed by atoms with Crippen molar-refractivity contribution in [3.05, 3.63) is 36.0 Å². The fraction of sp³-hybridized carbons (Fsp3) is 0.308. The minimum Gasteiger partial charge on any atom is -0.373 e. The number of fused-ring (bicyclic) bond motifs is 1. The van der Waals surface area contributed by atoms with Crippen LogP contribution in [0.4, 0.5) is 10.8 Å². The van der Waals surface area contributed by atoms with E-state index in [9.17, 15) is 8.42 Å². The highest BCUT2D eigenvalue weighted by atomic mass is 32.2. The van der Waals surface area contributed by atoms with E-state index in [0.717, 1.165) is 24.4 Å². The average molecular weight is 324 g/mol. The predicted octanol–water partition coefficient (Wildman–Crippen LogP) is 1.25. The Labute approximate surface area is 127 Å². The second kappa shape index (κ2) is 5.28. The van der Waals surface area contributed by atoms with Crippen LogP contribution in [0.1, 0.15) is 5.56 Å². The maximum Gasteiger partial charge on any atom is 0.249 e. The molecule has 0 saturated heterocycles. The van der Waals surface area contributed by atoms with Crippen LogP contribution in [0.3, 0.4) is 0 Å². The van der Waals surface area contributed by atoms with E-state index in [0.29, 0.717) is 11.7 Å². The van der Waals surface area contributed by atoms with Gasteiger partial charge in [-0.3, -0.25) is 0 Å². The number of nitrogens with two attached hydrogens (primary N) is 1. The smallest absolute Gasteiger partial charge is 0.249 e. The Kier molecular flexibility index (Phi) is 3.60. The number of rotatable bonds is 2. The van der Waals surface area contributed by atoms with Gasteiger partial charge in [-0.05, 0) is 11.6 Å². The number of likely N-dealkylation sites (N-methyl/N-ethyl adjacent to an activating group) is 1. The van der Waals surface area contributed by atoms with Crippen LogP contribution in [0.2, 0.25) is 0 Å². The molecule has 0 bridgehead atoms. The summed E-state index contributed by atoms with van der Waals surface area (Å²) in [5.41, 5.74) is 2.40. The molecule has 6 nitrogen and oxygen atoms in total. The fourth-order valence-corrected chi connectivity index (χ4v) is 3.95. The summed E-state index contributed by atoms with van der Waals surface area (Å²) in [6.07, 6.45) is 1.33. The van der Waals surface area contributed by atoms with Crippen LogP contribution in [0.15, 0.2) is 34.7 Å². The van der Waals surface area contributed by atoms with Gasteiger partial charge >= 0.3 is 0 Å². The lowest BCUT2D eigenvalue weighted by molar-refractivity contribution is 0.599. The maximum absolute atomic E-state index is 11.4. The third-order valence-electron chi connectivity index (χ3n) is 3.49. The van der Waals surface area contributed by atoms with Gasteiger partial charge in [0.05, 0.1) is 6.20 Å². The first kappa shape index (κ1) is 14.3. The average Bonchev–Trinajstić information content (AvgIpc) is 2.87. The molecule has 0 atom stereocenters. The highest BCUT2D eigenvalue weighted by Crippen LogP contribution is 2.30. The van der Waals surface area contributed by atoms with Gasteiger partial charge in [-0.25, -0.2) is 18.5 Å². The lowest BCUT2D eigenvalue weighted by Crippen LogP contribution is -2.28. The highest BCUT2D eigenvalue weighted by Gasteiger charge is 2.21. The number of anilines is 2. The zero-order valence-corrected chi connectivity index (χ0v) is 13.2. The van der Waals surface area contributed by atoms with Crippen LogP contribution < -0.4 is 14.9 Å². The summed E-state index contributed by atoms with van der Waals surface area (Å²) in [4.78, 5) is 8.50. The second-order valence-electron chi connectivity index (χ2n) is 4.98. The molecule has 0 fully saturated rings. The van der Waals surface area contributed by atoms with Gasteiger partial charge < -0.3 is 9.80 Å². The predicted molar refractivity (Wildman–Crippen MR) is 84.2 cm³/mol. The van der Waals surface area contributed by atoms with Crippen molar-refractivity contribution in [1.82, 2.24) is 4.98 Å². The molecule has 0 saturated carbocycles. The Morgan fingerprint density at radius 3 is 2.76 bits per heavy atom. The molecule has 3 rings (SSSR count). The van der Waals surface area contributed by atoms with Crippen LogP contribution in [0, 0.1) is 0 Å². The van der Waals surface area contributed by atoms with Gasteiger partial charge in [0.2, 0.25) is 10.0 Å². The van der Waals surface area contributed by atoms with E-state index in [-0.39, 0.29) is 4.21 Å². The van der Waals surface area contributed by atoms with Gasteiger partial charge in [0.1, 0.15) is 0 Å². The van der Waals surface area contributed by atoms with Crippen molar-refractivity contribution in [1.29, 1.82) is 0 Å². The summed E-state index contributed by atoms with van der Waals surface area (Å²) in [7, 11) is -1.63. The topological polar surface area (TPSA) is 79.5 Å². The Bertz CT molecular complexity index is 757. The molecule has 0 amide bonds. The quantitative estimate of drug-likeness (QED) is 0.899.